The molecule has 0 saturated carbocycles. The minimum atomic E-state index is 1.21. The Morgan fingerprint density at radius 1 is 0.200 bits per heavy atom. The van der Waals surface area contributed by atoms with E-state index in [1.165, 1.54) is 98.4 Å². The van der Waals surface area contributed by atoms with E-state index >= 15 is 0 Å². The van der Waals surface area contributed by atoms with Gasteiger partial charge in [0.25, 0.3) is 0 Å². The molecule has 0 unspecified atom stereocenters. The third-order valence-corrected chi connectivity index (χ3v) is 10.4. The highest BCUT2D eigenvalue weighted by molar-refractivity contribution is 6.22. The lowest BCUT2D eigenvalue weighted by Crippen LogP contribution is -1.92. The van der Waals surface area contributed by atoms with Gasteiger partial charge in [-0.2, -0.15) is 0 Å². The molecule has 50 heavy (non-hydrogen) atoms. The van der Waals surface area contributed by atoms with Crippen LogP contribution in [0.3, 0.4) is 0 Å². The first-order chi connectivity index (χ1) is 24.8. The van der Waals surface area contributed by atoms with Crippen molar-refractivity contribution in [2.75, 3.05) is 0 Å². The predicted octanol–water partition coefficient (Wildman–Crippen LogP) is 14.1. The summed E-state index contributed by atoms with van der Waals surface area (Å²) >= 11 is 0. The van der Waals surface area contributed by atoms with Gasteiger partial charge in [0.15, 0.2) is 0 Å². The smallest absolute Gasteiger partial charge is 0.00262 e. The van der Waals surface area contributed by atoms with Crippen LogP contribution in [0.15, 0.2) is 194 Å². The van der Waals surface area contributed by atoms with Crippen LogP contribution in [0.5, 0.6) is 0 Å². The molecule has 10 aromatic carbocycles. The number of hydrogen-bond donors (Lipinski definition) is 0. The fourth-order valence-corrected chi connectivity index (χ4v) is 8.10. The maximum atomic E-state index is 2.41. The molecule has 0 atom stereocenters. The first kappa shape index (κ1) is 28.5. The quantitative estimate of drug-likeness (QED) is 0.169. The molecular formula is C50H32. The van der Waals surface area contributed by atoms with E-state index in [2.05, 4.69) is 194 Å². The van der Waals surface area contributed by atoms with Crippen LogP contribution in [-0.2, 0) is 0 Å². The van der Waals surface area contributed by atoms with Crippen molar-refractivity contribution in [3.8, 4) is 44.5 Å². The molecular weight excluding hydrogens is 601 g/mol. The average Bonchev–Trinajstić information content (AvgIpc) is 3.19. The van der Waals surface area contributed by atoms with Crippen molar-refractivity contribution >= 4 is 53.9 Å². The van der Waals surface area contributed by atoms with E-state index in [-0.39, 0.29) is 0 Å². The van der Waals surface area contributed by atoms with Crippen molar-refractivity contribution in [2.45, 2.75) is 0 Å². The summed E-state index contributed by atoms with van der Waals surface area (Å²) in [5.74, 6) is 0. The molecule has 232 valence electrons. The lowest BCUT2D eigenvalue weighted by molar-refractivity contribution is 1.61. The standard InChI is InChI=1S/C50H32/c1-2-15-35-29-40(28-27-33(35)13-1)50-45-24-9-7-22-43(45)49(44-23-8-10-25-46(44)50)39-20-11-19-38(30-39)47-31-36-16-3-4-17-37(36)32-48(47)42-26-12-18-34-14-5-6-21-41(34)42/h1-32H. The fraction of sp³-hybridized carbons (Fsp3) is 0. The molecule has 0 aliphatic heterocycles. The average molecular weight is 633 g/mol. The SMILES string of the molecule is c1cc(-c2cc3ccccc3cc2-c2cccc3ccccc23)cc(-c2c3ccccc3c(-c3ccc4ccccc4c3)c3ccccc23)c1. The molecule has 0 fully saturated rings. The van der Waals surface area contributed by atoms with Gasteiger partial charge in [-0.05, 0) is 123 Å². The van der Waals surface area contributed by atoms with E-state index in [9.17, 15) is 0 Å². The van der Waals surface area contributed by atoms with Crippen molar-refractivity contribution in [2.24, 2.45) is 0 Å². The molecule has 0 spiro atoms. The molecule has 0 N–H and O–H groups in total. The second-order valence-electron chi connectivity index (χ2n) is 13.3. The Bertz CT molecular complexity index is 2860. The Hall–Kier alpha value is -6.50. The Balaban J connectivity index is 1.23. The third-order valence-electron chi connectivity index (χ3n) is 10.4. The Labute approximate surface area is 291 Å². The van der Waals surface area contributed by atoms with Gasteiger partial charge in [-0.1, -0.05) is 170 Å². The van der Waals surface area contributed by atoms with E-state index in [1.807, 2.05) is 0 Å². The minimum absolute atomic E-state index is 1.21. The summed E-state index contributed by atoms with van der Waals surface area (Å²) in [6, 6.07) is 71.4. The summed E-state index contributed by atoms with van der Waals surface area (Å²) in [6.07, 6.45) is 0. The molecule has 0 aliphatic rings. The predicted molar refractivity (Wildman–Crippen MR) is 216 cm³/mol. The van der Waals surface area contributed by atoms with Gasteiger partial charge >= 0.3 is 0 Å². The van der Waals surface area contributed by atoms with Crippen LogP contribution in [0.4, 0.5) is 0 Å². The van der Waals surface area contributed by atoms with Gasteiger partial charge in [-0.25, -0.2) is 0 Å². The lowest BCUT2D eigenvalue weighted by atomic mass is 9.84. The monoisotopic (exact) mass is 632 g/mol. The Morgan fingerprint density at radius 3 is 1.28 bits per heavy atom. The molecule has 0 aliphatic carbocycles. The zero-order chi connectivity index (χ0) is 33.0. The fourth-order valence-electron chi connectivity index (χ4n) is 8.10. The number of hydrogen-bond acceptors (Lipinski definition) is 0. The maximum Gasteiger partial charge on any atom is -0.00262 e. The Kier molecular flexibility index (Phi) is 6.60. The molecule has 0 heteroatoms. The minimum Gasteiger partial charge on any atom is -0.0616 e. The maximum absolute atomic E-state index is 2.41. The third kappa shape index (κ3) is 4.61. The topological polar surface area (TPSA) is 0 Å². The van der Waals surface area contributed by atoms with Crippen molar-refractivity contribution in [1.82, 2.24) is 0 Å². The lowest BCUT2D eigenvalue weighted by Gasteiger charge is -2.19. The second kappa shape index (κ2) is 11.6. The van der Waals surface area contributed by atoms with Crippen LogP contribution in [0, 0.1) is 0 Å². The number of rotatable bonds is 4. The highest BCUT2D eigenvalue weighted by atomic mass is 14.2. The summed E-state index contributed by atoms with van der Waals surface area (Å²) in [4.78, 5) is 0. The second-order valence-corrected chi connectivity index (χ2v) is 13.3. The molecule has 0 aromatic heterocycles. The largest absolute Gasteiger partial charge is 0.0616 e. The van der Waals surface area contributed by atoms with Crippen LogP contribution in [0.1, 0.15) is 0 Å². The van der Waals surface area contributed by atoms with Gasteiger partial charge in [-0.3, -0.25) is 0 Å². The molecule has 10 aromatic rings. The number of fused-ring (bicyclic) bond motifs is 5. The summed E-state index contributed by atoms with van der Waals surface area (Å²) in [6.45, 7) is 0. The van der Waals surface area contributed by atoms with E-state index in [4.69, 9.17) is 0 Å². The van der Waals surface area contributed by atoms with E-state index in [0.29, 0.717) is 0 Å². The normalized spacial score (nSPS) is 11.6. The van der Waals surface area contributed by atoms with Gasteiger partial charge in [0.05, 0.1) is 0 Å². The van der Waals surface area contributed by atoms with Gasteiger partial charge < -0.3 is 0 Å². The summed E-state index contributed by atoms with van der Waals surface area (Å²) in [5.41, 5.74) is 9.98. The molecule has 0 heterocycles. The van der Waals surface area contributed by atoms with Gasteiger partial charge in [0, 0.05) is 0 Å². The van der Waals surface area contributed by atoms with Crippen molar-refractivity contribution in [3.63, 3.8) is 0 Å². The van der Waals surface area contributed by atoms with E-state index in [0.717, 1.165) is 0 Å². The highest BCUT2D eigenvalue weighted by Crippen LogP contribution is 2.46. The molecule has 0 amide bonds. The zero-order valence-corrected chi connectivity index (χ0v) is 27.5. The van der Waals surface area contributed by atoms with Crippen molar-refractivity contribution < 1.29 is 0 Å². The first-order valence-corrected chi connectivity index (χ1v) is 17.3. The van der Waals surface area contributed by atoms with E-state index in [1.54, 1.807) is 0 Å². The van der Waals surface area contributed by atoms with E-state index < -0.39 is 0 Å². The first-order valence-electron chi connectivity index (χ1n) is 17.3. The van der Waals surface area contributed by atoms with Crippen LogP contribution in [0.2, 0.25) is 0 Å². The molecule has 0 bridgehead atoms. The van der Waals surface area contributed by atoms with Crippen molar-refractivity contribution in [1.29, 1.82) is 0 Å². The molecule has 0 nitrogen and oxygen atoms in total. The summed E-state index contributed by atoms with van der Waals surface area (Å²) < 4.78 is 0. The molecule has 10 rings (SSSR count). The van der Waals surface area contributed by atoms with Crippen LogP contribution < -0.4 is 0 Å². The highest BCUT2D eigenvalue weighted by Gasteiger charge is 2.18. The molecule has 0 radical (unpaired) electrons. The van der Waals surface area contributed by atoms with Gasteiger partial charge in [0.2, 0.25) is 0 Å². The number of benzene rings is 10. The Morgan fingerprint density at radius 2 is 0.640 bits per heavy atom. The van der Waals surface area contributed by atoms with Gasteiger partial charge in [0.1, 0.15) is 0 Å². The van der Waals surface area contributed by atoms with Crippen LogP contribution in [-0.4, -0.2) is 0 Å². The van der Waals surface area contributed by atoms with Crippen LogP contribution >= 0.6 is 0 Å². The van der Waals surface area contributed by atoms with Crippen molar-refractivity contribution in [3.05, 3.63) is 194 Å². The zero-order valence-electron chi connectivity index (χ0n) is 27.5. The van der Waals surface area contributed by atoms with Gasteiger partial charge in [-0.15, -0.1) is 0 Å². The molecule has 0 saturated heterocycles. The summed E-state index contributed by atoms with van der Waals surface area (Å²) in [5, 5.41) is 12.6. The summed E-state index contributed by atoms with van der Waals surface area (Å²) in [7, 11) is 0. The van der Waals surface area contributed by atoms with Crippen LogP contribution in [0.25, 0.3) is 98.4 Å².